The molecule has 2 atom stereocenters. The Labute approximate surface area is 115 Å². The van der Waals surface area contributed by atoms with E-state index in [4.69, 9.17) is 0 Å². The van der Waals surface area contributed by atoms with Crippen molar-refractivity contribution in [3.63, 3.8) is 0 Å². The van der Waals surface area contributed by atoms with Gasteiger partial charge in [-0.15, -0.1) is 0 Å². The Morgan fingerprint density at radius 2 is 2.37 bits per heavy atom. The van der Waals surface area contributed by atoms with E-state index in [1.54, 1.807) is 11.9 Å². The molecule has 0 aromatic rings. The van der Waals surface area contributed by atoms with Crippen LogP contribution in [-0.2, 0) is 9.59 Å². The van der Waals surface area contributed by atoms with Gasteiger partial charge in [0, 0.05) is 32.6 Å². The lowest BCUT2D eigenvalue weighted by atomic mass is 9.77. The molecule has 2 rings (SSSR count). The van der Waals surface area contributed by atoms with E-state index < -0.39 is 0 Å². The van der Waals surface area contributed by atoms with Gasteiger partial charge in [-0.05, 0) is 32.2 Å². The molecule has 2 N–H and O–H groups in total. The maximum absolute atomic E-state index is 12.6. The lowest BCUT2D eigenvalue weighted by molar-refractivity contribution is -0.137. The number of hydrogen-bond donors (Lipinski definition) is 2. The number of carbonyl (C=O) groups excluding carboxylic acids is 2. The Kier molecular flexibility index (Phi) is 4.45. The number of nitrogens with zero attached hydrogens (tertiary/aromatic N) is 1. The Morgan fingerprint density at radius 3 is 2.95 bits per heavy atom. The van der Waals surface area contributed by atoms with Gasteiger partial charge in [-0.1, -0.05) is 6.92 Å². The Morgan fingerprint density at radius 1 is 1.58 bits per heavy atom. The van der Waals surface area contributed by atoms with Crippen LogP contribution in [0.25, 0.3) is 0 Å². The normalized spacial score (nSPS) is 32.2. The van der Waals surface area contributed by atoms with Gasteiger partial charge in [-0.25, -0.2) is 0 Å². The van der Waals surface area contributed by atoms with E-state index in [1.807, 2.05) is 0 Å². The largest absolute Gasteiger partial charge is 0.351 e. The van der Waals surface area contributed by atoms with E-state index in [2.05, 4.69) is 17.6 Å². The van der Waals surface area contributed by atoms with E-state index in [1.165, 1.54) is 0 Å². The second-order valence-corrected chi connectivity index (χ2v) is 5.90. The van der Waals surface area contributed by atoms with E-state index in [0.29, 0.717) is 13.0 Å². The molecule has 2 fully saturated rings. The predicted octanol–water partition coefficient (Wildman–Crippen LogP) is 0.503. The average Bonchev–Trinajstić information content (AvgIpc) is 2.43. The Bertz CT molecular complexity index is 351. The quantitative estimate of drug-likeness (QED) is 0.783. The van der Waals surface area contributed by atoms with Gasteiger partial charge in [0.15, 0.2) is 0 Å². The minimum Gasteiger partial charge on any atom is -0.351 e. The van der Waals surface area contributed by atoms with Crippen molar-refractivity contribution in [1.29, 1.82) is 0 Å². The van der Waals surface area contributed by atoms with Crippen molar-refractivity contribution in [3.8, 4) is 0 Å². The third-order valence-electron chi connectivity index (χ3n) is 4.59. The summed E-state index contributed by atoms with van der Waals surface area (Å²) in [5, 5.41) is 6.49. The van der Waals surface area contributed by atoms with Crippen LogP contribution in [0.5, 0.6) is 0 Å². The third-order valence-corrected chi connectivity index (χ3v) is 4.59. The molecule has 0 radical (unpaired) electrons. The van der Waals surface area contributed by atoms with E-state index in [9.17, 15) is 9.59 Å². The number of nitrogens with one attached hydrogen (secondary N) is 2. The SMILES string of the molecule is CCC1(C(=O)NC2CCC(=O)N(C)C2)CCCNC1. The summed E-state index contributed by atoms with van der Waals surface area (Å²) in [6.07, 6.45) is 4.20. The predicted molar refractivity (Wildman–Crippen MR) is 73.6 cm³/mol. The molecule has 19 heavy (non-hydrogen) atoms. The van der Waals surface area contributed by atoms with Gasteiger partial charge >= 0.3 is 0 Å². The van der Waals surface area contributed by atoms with Crippen molar-refractivity contribution in [3.05, 3.63) is 0 Å². The molecule has 2 amide bonds. The number of hydrogen-bond acceptors (Lipinski definition) is 3. The molecule has 2 aliphatic heterocycles. The molecule has 0 aliphatic carbocycles. The second-order valence-electron chi connectivity index (χ2n) is 5.90. The summed E-state index contributed by atoms with van der Waals surface area (Å²) in [7, 11) is 1.80. The number of carbonyl (C=O) groups is 2. The summed E-state index contributed by atoms with van der Waals surface area (Å²) in [4.78, 5) is 25.7. The molecule has 108 valence electrons. The zero-order valence-electron chi connectivity index (χ0n) is 12.0. The number of likely N-dealkylation sites (N-methyl/N-ethyl adjacent to an activating group) is 1. The monoisotopic (exact) mass is 267 g/mol. The first-order valence-electron chi connectivity index (χ1n) is 7.33. The summed E-state index contributed by atoms with van der Waals surface area (Å²) in [5.74, 6) is 0.338. The highest BCUT2D eigenvalue weighted by Crippen LogP contribution is 2.30. The summed E-state index contributed by atoms with van der Waals surface area (Å²) >= 11 is 0. The highest BCUT2D eigenvalue weighted by Gasteiger charge is 2.39. The summed E-state index contributed by atoms with van der Waals surface area (Å²) < 4.78 is 0. The highest BCUT2D eigenvalue weighted by molar-refractivity contribution is 5.84. The van der Waals surface area contributed by atoms with Gasteiger partial charge in [0.2, 0.25) is 11.8 Å². The molecular formula is C14H25N3O2. The van der Waals surface area contributed by atoms with Gasteiger partial charge in [0.05, 0.1) is 5.41 Å². The van der Waals surface area contributed by atoms with Crippen LogP contribution in [0.1, 0.15) is 39.0 Å². The molecule has 5 nitrogen and oxygen atoms in total. The van der Waals surface area contributed by atoms with Gasteiger partial charge in [0.25, 0.3) is 0 Å². The Balaban J connectivity index is 1.94. The van der Waals surface area contributed by atoms with Crippen LogP contribution in [-0.4, -0.2) is 49.4 Å². The maximum atomic E-state index is 12.6. The molecule has 0 saturated carbocycles. The van der Waals surface area contributed by atoms with Crippen molar-refractivity contribution in [2.24, 2.45) is 5.41 Å². The van der Waals surface area contributed by atoms with Crippen LogP contribution in [0.4, 0.5) is 0 Å². The molecule has 2 saturated heterocycles. The van der Waals surface area contributed by atoms with Gasteiger partial charge in [0.1, 0.15) is 0 Å². The molecule has 2 unspecified atom stereocenters. The fourth-order valence-corrected chi connectivity index (χ4v) is 3.09. The zero-order chi connectivity index (χ0) is 13.9. The fraction of sp³-hybridized carbons (Fsp3) is 0.857. The summed E-state index contributed by atoms with van der Waals surface area (Å²) in [6, 6.07) is 0.112. The first-order valence-corrected chi connectivity index (χ1v) is 7.33. The molecular weight excluding hydrogens is 242 g/mol. The van der Waals surface area contributed by atoms with Crippen molar-refractivity contribution >= 4 is 11.8 Å². The summed E-state index contributed by atoms with van der Waals surface area (Å²) in [6.45, 7) is 4.51. The van der Waals surface area contributed by atoms with Crippen LogP contribution in [0.3, 0.4) is 0 Å². The zero-order valence-corrected chi connectivity index (χ0v) is 12.0. The van der Waals surface area contributed by atoms with Crippen molar-refractivity contribution in [1.82, 2.24) is 15.5 Å². The van der Waals surface area contributed by atoms with Crippen molar-refractivity contribution < 1.29 is 9.59 Å². The number of piperidine rings is 2. The third kappa shape index (κ3) is 3.08. The number of likely N-dealkylation sites (tertiary alicyclic amines) is 1. The van der Waals surface area contributed by atoms with Crippen molar-refractivity contribution in [2.75, 3.05) is 26.7 Å². The highest BCUT2D eigenvalue weighted by atomic mass is 16.2. The van der Waals surface area contributed by atoms with Crippen LogP contribution >= 0.6 is 0 Å². The first-order chi connectivity index (χ1) is 9.07. The number of rotatable bonds is 3. The van der Waals surface area contributed by atoms with Crippen LogP contribution < -0.4 is 10.6 Å². The standard InChI is InChI=1S/C14H25N3O2/c1-3-14(7-4-8-15-10-14)13(19)16-11-5-6-12(18)17(2)9-11/h11,15H,3-10H2,1-2H3,(H,16,19). The number of amides is 2. The smallest absolute Gasteiger partial charge is 0.227 e. The molecule has 0 bridgehead atoms. The van der Waals surface area contributed by atoms with Gasteiger partial charge in [-0.2, -0.15) is 0 Å². The lowest BCUT2D eigenvalue weighted by Gasteiger charge is -2.38. The molecule has 0 spiro atoms. The molecule has 0 aromatic carbocycles. The lowest BCUT2D eigenvalue weighted by Crippen LogP contribution is -2.55. The van der Waals surface area contributed by atoms with E-state index in [0.717, 1.165) is 38.8 Å². The molecule has 0 aromatic heterocycles. The van der Waals surface area contributed by atoms with E-state index in [-0.39, 0.29) is 23.3 Å². The topological polar surface area (TPSA) is 61.4 Å². The maximum Gasteiger partial charge on any atom is 0.227 e. The minimum atomic E-state index is -0.252. The van der Waals surface area contributed by atoms with E-state index >= 15 is 0 Å². The molecule has 2 aliphatic rings. The second kappa shape index (κ2) is 5.90. The minimum absolute atomic E-state index is 0.112. The Hall–Kier alpha value is -1.10. The van der Waals surface area contributed by atoms with Crippen molar-refractivity contribution in [2.45, 2.75) is 45.1 Å². The first kappa shape index (κ1) is 14.3. The van der Waals surface area contributed by atoms with Gasteiger partial charge < -0.3 is 15.5 Å². The fourth-order valence-electron chi connectivity index (χ4n) is 3.09. The molecule has 5 heteroatoms. The van der Waals surface area contributed by atoms with Crippen LogP contribution in [0, 0.1) is 5.41 Å². The summed E-state index contributed by atoms with van der Waals surface area (Å²) in [5.41, 5.74) is -0.252. The average molecular weight is 267 g/mol. The van der Waals surface area contributed by atoms with Crippen LogP contribution in [0.15, 0.2) is 0 Å². The van der Waals surface area contributed by atoms with Crippen LogP contribution in [0.2, 0.25) is 0 Å². The molecule has 2 heterocycles. The van der Waals surface area contributed by atoms with Gasteiger partial charge in [-0.3, -0.25) is 9.59 Å².